The van der Waals surface area contributed by atoms with Crippen molar-refractivity contribution in [2.24, 2.45) is 5.92 Å². The zero-order chi connectivity index (χ0) is 17.7. The van der Waals surface area contributed by atoms with Gasteiger partial charge in [0.15, 0.2) is 0 Å². The minimum atomic E-state index is -3.38. The molecule has 1 aliphatic heterocycles. The molecule has 0 saturated heterocycles. The molecule has 5 nitrogen and oxygen atoms in total. The number of carbonyl (C=O) groups excluding carboxylic acids is 3. The largest absolute Gasteiger partial charge is 0.469 e. The van der Waals surface area contributed by atoms with Gasteiger partial charge < -0.3 is 14.3 Å². The Hall–Kier alpha value is -1.76. The van der Waals surface area contributed by atoms with E-state index in [2.05, 4.69) is 9.47 Å². The van der Waals surface area contributed by atoms with E-state index in [1.54, 1.807) is 0 Å². The number of hydrogen-bond donors (Lipinski definition) is 0. The number of alkyl halides is 3. The zero-order valence-corrected chi connectivity index (χ0v) is 13.4. The van der Waals surface area contributed by atoms with Gasteiger partial charge in [-0.05, 0) is 24.1 Å². The highest BCUT2D eigenvalue weighted by molar-refractivity contribution is 6.37. The third-order valence-electron chi connectivity index (χ3n) is 3.45. The summed E-state index contributed by atoms with van der Waals surface area (Å²) < 4.78 is 35.3. The van der Waals surface area contributed by atoms with E-state index in [4.69, 9.17) is 11.6 Å². The molecule has 0 amide bonds. The lowest BCUT2D eigenvalue weighted by molar-refractivity contribution is -0.153. The predicted molar refractivity (Wildman–Crippen MR) is 78.2 cm³/mol. The Bertz CT molecular complexity index is 544. The van der Waals surface area contributed by atoms with Crippen LogP contribution in [0.2, 0.25) is 0 Å². The zero-order valence-electron chi connectivity index (χ0n) is 12.7. The number of ether oxygens (including phenoxy) is 2. The fourth-order valence-electron chi connectivity index (χ4n) is 1.98. The van der Waals surface area contributed by atoms with Gasteiger partial charge in [-0.2, -0.15) is 8.78 Å². The van der Waals surface area contributed by atoms with Crippen LogP contribution in [0, 0.1) is 5.92 Å². The summed E-state index contributed by atoms with van der Waals surface area (Å²) in [6, 6.07) is 0. The topological polar surface area (TPSA) is 69.7 Å². The van der Waals surface area contributed by atoms with Crippen LogP contribution in [0.15, 0.2) is 23.8 Å². The quantitative estimate of drug-likeness (QED) is 0.442. The molecule has 128 valence electrons. The van der Waals surface area contributed by atoms with Crippen molar-refractivity contribution in [3.05, 3.63) is 23.8 Å². The summed E-state index contributed by atoms with van der Waals surface area (Å²) in [6.45, 7) is 1.87. The summed E-state index contributed by atoms with van der Waals surface area (Å²) in [5.74, 6) is -5.01. The minimum Gasteiger partial charge on any atom is -0.469 e. The van der Waals surface area contributed by atoms with Crippen LogP contribution in [0.4, 0.5) is 8.78 Å². The van der Waals surface area contributed by atoms with Crippen molar-refractivity contribution in [2.75, 3.05) is 13.7 Å². The molecule has 0 spiro atoms. The average Bonchev–Trinajstić information content (AvgIpc) is 2.52. The molecule has 0 fully saturated rings. The summed E-state index contributed by atoms with van der Waals surface area (Å²) >= 11 is 5.50. The number of cyclic esters (lactones) is 1. The number of methoxy groups -OCH3 is 1. The predicted octanol–water partition coefficient (Wildman–Crippen LogP) is 2.43. The van der Waals surface area contributed by atoms with E-state index in [0.717, 1.165) is 12.4 Å². The maximum Gasteiger partial charge on any atom is 0.338 e. The molecule has 8 heteroatoms. The van der Waals surface area contributed by atoms with Crippen molar-refractivity contribution in [3.63, 3.8) is 0 Å². The number of halogens is 3. The minimum absolute atomic E-state index is 0.0138. The Labute approximate surface area is 137 Å². The number of aldehydes is 1. The fraction of sp³-hybridized carbons (Fsp3) is 0.533. The summed E-state index contributed by atoms with van der Waals surface area (Å²) in [4.78, 5) is 29.4. The molecule has 0 radical (unpaired) electrons. The molecule has 23 heavy (non-hydrogen) atoms. The van der Waals surface area contributed by atoms with Crippen LogP contribution >= 0.6 is 11.6 Å². The summed E-state index contributed by atoms with van der Waals surface area (Å²) in [7, 11) is 1.33. The Balaban J connectivity index is 0.000000241. The van der Waals surface area contributed by atoms with Crippen molar-refractivity contribution in [1.29, 1.82) is 0 Å². The van der Waals surface area contributed by atoms with Crippen LogP contribution in [0.25, 0.3) is 0 Å². The van der Waals surface area contributed by atoms with Crippen molar-refractivity contribution < 1.29 is 32.6 Å². The standard InChI is InChI=1S/C8H5ClF2O2.C7H12O3/c9-7-3-5(4-13-6(7)12)1-2-8(7,10)11;1-3-6(4-5-8)7(9)10-2/h1-3H,4H2;5-6H,3-4H2,1-2H3. The number of rotatable bonds is 4. The highest BCUT2D eigenvalue weighted by Crippen LogP contribution is 2.44. The van der Waals surface area contributed by atoms with Gasteiger partial charge in [-0.3, -0.25) is 4.79 Å². The average molecular weight is 351 g/mol. The van der Waals surface area contributed by atoms with E-state index in [1.165, 1.54) is 13.2 Å². The lowest BCUT2D eigenvalue weighted by atomic mass is 9.90. The van der Waals surface area contributed by atoms with Crippen molar-refractivity contribution in [1.82, 2.24) is 0 Å². The summed E-state index contributed by atoms with van der Waals surface area (Å²) in [6.07, 6.45) is 4.57. The van der Waals surface area contributed by atoms with Gasteiger partial charge in [-0.15, -0.1) is 0 Å². The number of carbonyl (C=O) groups is 3. The SMILES string of the molecule is CCC(CC=O)C(=O)OC.O=C1OCC2=CC1(Cl)C(F)(F)C=C2. The maximum atomic E-state index is 13.1. The summed E-state index contributed by atoms with van der Waals surface area (Å²) in [5.41, 5.74) is 0.500. The van der Waals surface area contributed by atoms with E-state index >= 15 is 0 Å². The van der Waals surface area contributed by atoms with Gasteiger partial charge in [0.25, 0.3) is 5.92 Å². The van der Waals surface area contributed by atoms with Crippen molar-refractivity contribution >= 4 is 29.8 Å². The first-order valence-electron chi connectivity index (χ1n) is 6.88. The van der Waals surface area contributed by atoms with Crippen LogP contribution in [0.1, 0.15) is 19.8 Å². The van der Waals surface area contributed by atoms with Gasteiger partial charge in [0, 0.05) is 6.42 Å². The van der Waals surface area contributed by atoms with E-state index in [1.807, 2.05) is 6.92 Å². The normalized spacial score (nSPS) is 25.3. The first-order valence-corrected chi connectivity index (χ1v) is 7.26. The monoisotopic (exact) mass is 350 g/mol. The molecule has 0 aromatic heterocycles. The molecule has 1 heterocycles. The molecule has 0 saturated carbocycles. The first-order chi connectivity index (χ1) is 10.7. The van der Waals surface area contributed by atoms with E-state index in [9.17, 15) is 23.2 Å². The third-order valence-corrected chi connectivity index (χ3v) is 3.97. The van der Waals surface area contributed by atoms with Gasteiger partial charge >= 0.3 is 11.9 Å². The first kappa shape index (κ1) is 19.3. The Morgan fingerprint density at radius 1 is 1.57 bits per heavy atom. The van der Waals surface area contributed by atoms with Gasteiger partial charge in [0.05, 0.1) is 13.0 Å². The second-order valence-electron chi connectivity index (χ2n) is 4.99. The lowest BCUT2D eigenvalue weighted by Gasteiger charge is -2.34. The number of fused-ring (bicyclic) bond motifs is 1. The van der Waals surface area contributed by atoms with E-state index in [0.29, 0.717) is 18.1 Å². The molecule has 2 unspecified atom stereocenters. The maximum absolute atomic E-state index is 13.1. The van der Waals surface area contributed by atoms with Crippen LogP contribution in [0.3, 0.4) is 0 Å². The molecule has 2 bridgehead atoms. The highest BCUT2D eigenvalue weighted by Gasteiger charge is 2.59. The van der Waals surface area contributed by atoms with Gasteiger partial charge in [-0.1, -0.05) is 24.6 Å². The fourth-order valence-corrected chi connectivity index (χ4v) is 2.24. The molecule has 0 N–H and O–H groups in total. The number of allylic oxidation sites excluding steroid dienone is 1. The van der Waals surface area contributed by atoms with Crippen LogP contribution in [0.5, 0.6) is 0 Å². The van der Waals surface area contributed by atoms with Crippen molar-refractivity contribution in [2.45, 2.75) is 30.6 Å². The van der Waals surface area contributed by atoms with E-state index < -0.39 is 16.8 Å². The van der Waals surface area contributed by atoms with Crippen LogP contribution in [-0.4, -0.2) is 42.7 Å². The second-order valence-corrected chi connectivity index (χ2v) is 5.59. The molecule has 2 atom stereocenters. The van der Waals surface area contributed by atoms with E-state index in [-0.39, 0.29) is 24.9 Å². The molecule has 0 aromatic rings. The summed E-state index contributed by atoms with van der Waals surface area (Å²) in [5, 5.41) is 0. The molecule has 2 rings (SSSR count). The molecule has 0 aromatic carbocycles. The van der Waals surface area contributed by atoms with Gasteiger partial charge in [0.2, 0.25) is 4.87 Å². The lowest BCUT2D eigenvalue weighted by Crippen LogP contribution is -2.52. The van der Waals surface area contributed by atoms with Crippen LogP contribution < -0.4 is 0 Å². The Kier molecular flexibility index (Phi) is 6.44. The molecule has 1 aliphatic carbocycles. The molecular formula is C15H17ClF2O5. The smallest absolute Gasteiger partial charge is 0.338 e. The highest BCUT2D eigenvalue weighted by atomic mass is 35.5. The number of esters is 2. The Morgan fingerprint density at radius 2 is 2.22 bits per heavy atom. The number of hydrogen-bond acceptors (Lipinski definition) is 5. The van der Waals surface area contributed by atoms with Gasteiger partial charge in [-0.25, -0.2) is 4.79 Å². The van der Waals surface area contributed by atoms with Gasteiger partial charge in [0.1, 0.15) is 12.9 Å². The Morgan fingerprint density at radius 3 is 2.70 bits per heavy atom. The molecule has 2 aliphatic rings. The van der Waals surface area contributed by atoms with Crippen molar-refractivity contribution in [3.8, 4) is 0 Å². The van der Waals surface area contributed by atoms with Crippen LogP contribution in [-0.2, 0) is 23.9 Å². The third kappa shape index (κ3) is 4.16. The molecular weight excluding hydrogens is 334 g/mol. The second kappa shape index (κ2) is 7.68.